The molecule has 4 heterocycles. The Morgan fingerprint density at radius 3 is 0.297 bits per heavy atom. The molecular weight excluding hydrogens is 1890 g/mol. The minimum atomic E-state index is -1.07. The topological polar surface area (TPSA) is 452 Å². The summed E-state index contributed by atoms with van der Waals surface area (Å²) >= 11 is 37.1. The molecule has 12 amide bonds. The number of hydrogen-bond donors (Lipinski definition) is 12. The van der Waals surface area contributed by atoms with E-state index in [1.165, 1.54) is 36.4 Å². The Morgan fingerprint density at radius 2 is 0.217 bits per heavy atom. The maximum Gasteiger partial charge on any atom is 0.252 e. The molecule has 0 fully saturated rings. The molecule has 12 aromatic carbocycles. The lowest BCUT2D eigenvalue weighted by Crippen LogP contribution is -2.27. The average molecular weight is 1970 g/mol. The first kappa shape index (κ1) is 95.2. The van der Waals surface area contributed by atoms with Crippen LogP contribution in [0.4, 0.5) is 0 Å². The third-order valence-electron chi connectivity index (χ3n) is 22.9. The monoisotopic (exact) mass is 1960 g/mol. The lowest BCUT2D eigenvalue weighted by atomic mass is 9.95. The van der Waals surface area contributed by atoms with Crippen molar-refractivity contribution in [3.05, 3.63) is 385 Å². The Balaban J connectivity index is 0.948. The summed E-state index contributed by atoms with van der Waals surface area (Å²) in [5.41, 5.74) is 1.32. The summed E-state index contributed by atoms with van der Waals surface area (Å²) < 4.78 is 0. The molecule has 4 aliphatic rings. The Kier molecular flexibility index (Phi) is 28.3. The van der Waals surface area contributed by atoms with E-state index in [1.807, 2.05) is 0 Å². The molecule has 0 saturated carbocycles. The zero-order chi connectivity index (χ0) is 97.6. The molecule has 36 heteroatoms. The molecule has 0 radical (unpaired) electrons. The molecule has 12 aromatic rings. The van der Waals surface area contributed by atoms with Gasteiger partial charge in [-0.15, -0.1) is 0 Å². The van der Waals surface area contributed by atoms with Crippen LogP contribution in [0.2, 0.25) is 0 Å². The van der Waals surface area contributed by atoms with Crippen LogP contribution >= 0.6 is 69.6 Å². The van der Waals surface area contributed by atoms with E-state index in [-0.39, 0.29) is 179 Å². The van der Waals surface area contributed by atoms with Crippen molar-refractivity contribution < 1.29 is 86.3 Å². The zero-order valence-corrected chi connectivity index (χ0v) is 76.4. The van der Waals surface area contributed by atoms with Crippen molar-refractivity contribution >= 4 is 172 Å². The largest absolute Gasteiger partial charge is 0.348 e. The fraction of sp³-hybridized carbons (Fsp3) is 0.118. The van der Waals surface area contributed by atoms with Crippen molar-refractivity contribution in [2.45, 2.75) is 78.5 Å². The van der Waals surface area contributed by atoms with E-state index in [9.17, 15) is 86.3 Å². The molecule has 0 atom stereocenters. The third-order valence-corrected chi connectivity index (χ3v) is 24.2. The van der Waals surface area contributed by atoms with Crippen LogP contribution in [0.25, 0.3) is 33.4 Å². The van der Waals surface area contributed by atoms with E-state index in [4.69, 9.17) is 69.6 Å². The number of rotatable bonds is 6. The van der Waals surface area contributed by atoms with Gasteiger partial charge in [-0.3, -0.25) is 86.3 Å². The van der Waals surface area contributed by atoms with Gasteiger partial charge < -0.3 is 63.8 Å². The molecule has 0 aromatic heterocycles. The summed E-state index contributed by atoms with van der Waals surface area (Å²) in [4.78, 5) is 258. The first-order valence-electron chi connectivity index (χ1n) is 42.3. The normalized spacial score (nSPS) is 14.6. The second-order valence-electron chi connectivity index (χ2n) is 32.9. The number of halogens is 6. The van der Waals surface area contributed by atoms with E-state index < -0.39 is 102 Å². The second kappa shape index (κ2) is 41.1. The Bertz CT molecular complexity index is 5940. The third kappa shape index (κ3) is 23.0. The van der Waals surface area contributed by atoms with E-state index in [0.29, 0.717) is 100 Å². The molecule has 0 spiro atoms. The number of nitrogens with one attached hydrogen (secondary N) is 12. The van der Waals surface area contributed by atoms with Crippen LogP contribution in [0.1, 0.15) is 253 Å². The molecular formula is C102H72Cl6N12O18. The minimum absolute atomic E-state index is 0.242. The molecule has 30 nitrogen and oxygen atoms in total. The van der Waals surface area contributed by atoms with Gasteiger partial charge in [0, 0.05) is 179 Å². The predicted molar refractivity (Wildman–Crippen MR) is 509 cm³/mol. The van der Waals surface area contributed by atoms with Gasteiger partial charge in [0.2, 0.25) is 0 Å². The Morgan fingerprint density at radius 1 is 0.130 bits per heavy atom. The highest BCUT2D eigenvalue weighted by Gasteiger charge is 2.28. The first-order valence-corrected chi connectivity index (χ1v) is 44.6. The van der Waals surface area contributed by atoms with Gasteiger partial charge in [-0.1, -0.05) is 36.4 Å². The number of carbonyl (C=O) groups excluding carboxylic acids is 18. The van der Waals surface area contributed by atoms with Crippen LogP contribution in [0, 0.1) is 0 Å². The molecule has 12 N–H and O–H groups in total. The number of benzene rings is 12. The molecule has 30 bridgehead atoms. The molecule has 4 aliphatic heterocycles. The van der Waals surface area contributed by atoms with Crippen molar-refractivity contribution in [1.82, 2.24) is 63.8 Å². The number of hydrogen-bond acceptors (Lipinski definition) is 18. The average Bonchev–Trinajstić information content (AvgIpc) is 0.805. The van der Waals surface area contributed by atoms with Crippen LogP contribution in [-0.4, -0.2) is 102 Å². The van der Waals surface area contributed by atoms with E-state index in [2.05, 4.69) is 63.8 Å². The molecule has 138 heavy (non-hydrogen) atoms. The number of amides is 12. The highest BCUT2D eigenvalue weighted by Crippen LogP contribution is 2.33. The van der Waals surface area contributed by atoms with Gasteiger partial charge >= 0.3 is 0 Å². The van der Waals surface area contributed by atoms with Crippen LogP contribution < -0.4 is 63.8 Å². The van der Waals surface area contributed by atoms with Gasteiger partial charge in [0.25, 0.3) is 102 Å². The van der Waals surface area contributed by atoms with Crippen LogP contribution in [-0.2, 0) is 78.5 Å². The van der Waals surface area contributed by atoms with Crippen LogP contribution in [0.15, 0.2) is 218 Å². The van der Waals surface area contributed by atoms with Gasteiger partial charge in [0.05, 0.1) is 0 Å². The maximum atomic E-state index is 14.9. The van der Waals surface area contributed by atoms with Crippen LogP contribution in [0.3, 0.4) is 0 Å². The van der Waals surface area contributed by atoms with Crippen molar-refractivity contribution in [1.29, 1.82) is 0 Å². The van der Waals surface area contributed by atoms with Crippen molar-refractivity contribution in [2.75, 3.05) is 0 Å². The summed E-state index contributed by atoms with van der Waals surface area (Å²) in [5.74, 6) is -10.2. The Labute approximate surface area is 813 Å². The summed E-state index contributed by atoms with van der Waals surface area (Å²) in [6.07, 6.45) is 0. The van der Waals surface area contributed by atoms with Crippen molar-refractivity contribution in [2.24, 2.45) is 0 Å². The maximum absolute atomic E-state index is 14.9. The van der Waals surface area contributed by atoms with Gasteiger partial charge in [0.1, 0.15) is 0 Å². The molecule has 690 valence electrons. The van der Waals surface area contributed by atoms with Gasteiger partial charge in [-0.2, -0.15) is 0 Å². The zero-order valence-electron chi connectivity index (χ0n) is 71.9. The van der Waals surface area contributed by atoms with E-state index in [0.717, 1.165) is 72.8 Å². The SMILES string of the molecule is O=C(Cl)c1cc2cc(c1)C(=O)NCc1cc3cc(c1)-c1cc4cc(c1)CNC(=O)c1cc(C(=O)Cl)cc(c1)C(=O)NCc1cc5cc(c1)-c1cc(cc(c1)CNC(=O)c1cc(C(=O)Cl)cc(c1)C(=O)NC3)CNC(=O)c1cc(C(=O)Cl)cc(c1)C(=O)NCc1cc(cc(c1)-c1cc(cc(c1)CNC(=O)c1cc(C(=O)Cl)cc(c1)C(=O)NC5)CNC(=O)c1cc(C(=O)Cl)cc(c1)C(=O)NC4)CNC2=O. The van der Waals surface area contributed by atoms with Gasteiger partial charge in [-0.25, -0.2) is 0 Å². The molecule has 0 saturated heterocycles. The van der Waals surface area contributed by atoms with E-state index in [1.54, 1.807) is 109 Å². The lowest BCUT2D eigenvalue weighted by Gasteiger charge is -2.17. The smallest absolute Gasteiger partial charge is 0.252 e. The predicted octanol–water partition coefficient (Wildman–Crippen LogP) is 13.4. The highest BCUT2D eigenvalue weighted by molar-refractivity contribution is 6.69. The fourth-order valence-corrected chi connectivity index (χ4v) is 16.9. The summed E-state index contributed by atoms with van der Waals surface area (Å²) in [7, 11) is 0. The van der Waals surface area contributed by atoms with Crippen molar-refractivity contribution in [3.8, 4) is 33.4 Å². The molecule has 0 unspecified atom stereocenters. The highest BCUT2D eigenvalue weighted by atomic mass is 35.5. The van der Waals surface area contributed by atoms with E-state index >= 15 is 0 Å². The summed E-state index contributed by atoms with van der Waals surface area (Å²) in [5, 5.41) is 27.7. The lowest BCUT2D eigenvalue weighted by molar-refractivity contribution is 0.0934. The standard InChI is InChI=1S/C102H72Cl6N12O18/c103-85(121)67-19-73-31-75(21-67)93(129)113-41-53-3-55-13-63(11-53)65-15-57-5-59(17-65)47-119-101(137)83-29-72(90(108)126)30-84(36-83)102(138)120-48-60-6-58-16-66(18-60)64-12-54(4-56(14-64)44-118-100(136)82-28-71(89(107)125)27-81(35-82)99(135)117-43-55)42-114-94(130)76-22-68(86(104)122)20-74(32-76)92(128)110-38-50-1-49(37-109-91(73)127)7-61(8-50)62-9-51(39-111-95(131)77-23-69(87(105)123)25-79(33-77)97(133)115-45-57)2-52(10-62)40-112-96(132)78-24-70(88(106)124)26-80(34-78)98(134)116-46-58/h1-36H,37-48H2,(H,109,127)(H,110,128)(H,111,131)(H,112,132)(H,113,129)(H,114,130)(H,115,133)(H,116,134)(H,117,135)(H,118,136)(H,119,137)(H,120,138). The number of carbonyl (C=O) groups is 18. The first-order chi connectivity index (χ1) is 66.0. The molecule has 16 rings (SSSR count). The molecule has 0 aliphatic carbocycles. The van der Waals surface area contributed by atoms with Gasteiger partial charge in [-0.05, 0) is 352 Å². The summed E-state index contributed by atoms with van der Waals surface area (Å²) in [6.45, 7) is -4.14. The van der Waals surface area contributed by atoms with Gasteiger partial charge in [0.15, 0.2) is 0 Å². The van der Waals surface area contributed by atoms with Crippen LogP contribution in [0.5, 0.6) is 0 Å². The Hall–Kier alpha value is -16.0. The van der Waals surface area contributed by atoms with Crippen molar-refractivity contribution in [3.63, 3.8) is 0 Å². The fourth-order valence-electron chi connectivity index (χ4n) is 16.2. The second-order valence-corrected chi connectivity index (χ2v) is 34.9. The minimum Gasteiger partial charge on any atom is -0.348 e. The number of fused-ring (bicyclic) bond motifs is 17. The quantitative estimate of drug-likeness (QED) is 0.0688. The summed E-state index contributed by atoms with van der Waals surface area (Å²) in [6, 6.07) is 50.6.